The Hall–Kier alpha value is -0.900. The molecule has 1 aromatic rings. The molecule has 0 aliphatic heterocycles. The second-order valence-electron chi connectivity index (χ2n) is 4.08. The zero-order valence-electron chi connectivity index (χ0n) is 8.74. The molecule has 0 N–H and O–H groups in total. The Morgan fingerprint density at radius 3 is 2.62 bits per heavy atom. The van der Waals surface area contributed by atoms with Gasteiger partial charge in [0.15, 0.2) is 0 Å². The van der Waals surface area contributed by atoms with Gasteiger partial charge in [0.1, 0.15) is 0 Å². The lowest BCUT2D eigenvalue weighted by atomic mass is 10.2. The highest BCUT2D eigenvalue weighted by Crippen LogP contribution is 2.06. The summed E-state index contributed by atoms with van der Waals surface area (Å²) in [6, 6.07) is 0. The summed E-state index contributed by atoms with van der Waals surface area (Å²) in [6.07, 6.45) is 1.91. The molecule has 1 heterocycles. The van der Waals surface area contributed by atoms with Crippen molar-refractivity contribution in [3.05, 3.63) is 11.9 Å². The molecule has 1 aromatic heterocycles. The van der Waals surface area contributed by atoms with E-state index < -0.39 is 0 Å². The van der Waals surface area contributed by atoms with Gasteiger partial charge in [0.25, 0.3) is 0 Å². The minimum atomic E-state index is -0.0738. The zero-order valence-corrected chi connectivity index (χ0v) is 8.74. The third kappa shape index (κ3) is 4.03. The molecule has 0 spiro atoms. The SMILES string of the molecule is Cc1cn(CCOC(C)(C)C)nn1. The molecule has 0 bridgehead atoms. The third-order valence-corrected chi connectivity index (χ3v) is 1.51. The molecular weight excluding hydrogens is 166 g/mol. The first-order chi connectivity index (χ1) is 5.97. The van der Waals surface area contributed by atoms with E-state index >= 15 is 0 Å². The summed E-state index contributed by atoms with van der Waals surface area (Å²) in [7, 11) is 0. The van der Waals surface area contributed by atoms with Crippen LogP contribution < -0.4 is 0 Å². The van der Waals surface area contributed by atoms with Crippen molar-refractivity contribution in [1.82, 2.24) is 15.0 Å². The van der Waals surface area contributed by atoms with Crippen molar-refractivity contribution in [3.63, 3.8) is 0 Å². The summed E-state index contributed by atoms with van der Waals surface area (Å²) in [5, 5.41) is 7.81. The summed E-state index contributed by atoms with van der Waals surface area (Å²) < 4.78 is 7.35. The maximum Gasteiger partial charge on any atom is 0.0796 e. The zero-order chi connectivity index (χ0) is 9.90. The molecule has 13 heavy (non-hydrogen) atoms. The summed E-state index contributed by atoms with van der Waals surface area (Å²) in [5.41, 5.74) is 0.867. The fourth-order valence-corrected chi connectivity index (χ4v) is 0.950. The van der Waals surface area contributed by atoms with Gasteiger partial charge in [-0.25, -0.2) is 4.68 Å². The molecule has 0 atom stereocenters. The van der Waals surface area contributed by atoms with Crippen molar-refractivity contribution < 1.29 is 4.74 Å². The molecule has 0 amide bonds. The Morgan fingerprint density at radius 2 is 2.15 bits per heavy atom. The maximum absolute atomic E-state index is 5.55. The lowest BCUT2D eigenvalue weighted by molar-refractivity contribution is -0.00805. The molecule has 0 radical (unpaired) electrons. The van der Waals surface area contributed by atoms with Crippen LogP contribution in [0.4, 0.5) is 0 Å². The summed E-state index contributed by atoms with van der Waals surface area (Å²) in [6.45, 7) is 9.48. The van der Waals surface area contributed by atoms with Crippen LogP contribution in [0.15, 0.2) is 6.20 Å². The van der Waals surface area contributed by atoms with Crippen LogP contribution in [0.3, 0.4) is 0 Å². The van der Waals surface area contributed by atoms with E-state index in [1.807, 2.05) is 33.9 Å². The predicted molar refractivity (Wildman–Crippen MR) is 50.5 cm³/mol. The maximum atomic E-state index is 5.55. The molecule has 1 rings (SSSR count). The van der Waals surface area contributed by atoms with Crippen LogP contribution in [-0.2, 0) is 11.3 Å². The molecule has 4 heteroatoms. The number of hydrogen-bond acceptors (Lipinski definition) is 3. The van der Waals surface area contributed by atoms with Gasteiger partial charge in [-0.05, 0) is 27.7 Å². The molecule has 4 nitrogen and oxygen atoms in total. The minimum Gasteiger partial charge on any atom is -0.374 e. The topological polar surface area (TPSA) is 39.9 Å². The van der Waals surface area contributed by atoms with Gasteiger partial charge in [0, 0.05) is 6.20 Å². The Kier molecular flexibility index (Phi) is 3.03. The lowest BCUT2D eigenvalue weighted by Crippen LogP contribution is -2.22. The van der Waals surface area contributed by atoms with Crippen LogP contribution in [-0.4, -0.2) is 27.2 Å². The molecule has 0 saturated carbocycles. The van der Waals surface area contributed by atoms with E-state index in [9.17, 15) is 0 Å². The summed E-state index contributed by atoms with van der Waals surface area (Å²) in [5.74, 6) is 0. The quantitative estimate of drug-likeness (QED) is 0.711. The number of ether oxygens (including phenoxy) is 1. The normalized spacial score (nSPS) is 12.0. The largest absolute Gasteiger partial charge is 0.374 e. The van der Waals surface area contributed by atoms with Crippen molar-refractivity contribution in [2.24, 2.45) is 0 Å². The molecule has 0 saturated heterocycles. The van der Waals surface area contributed by atoms with E-state index in [-0.39, 0.29) is 5.60 Å². The molecule has 0 fully saturated rings. The van der Waals surface area contributed by atoms with Crippen molar-refractivity contribution in [2.45, 2.75) is 39.8 Å². The van der Waals surface area contributed by atoms with Crippen LogP contribution >= 0.6 is 0 Å². The van der Waals surface area contributed by atoms with Crippen molar-refractivity contribution in [3.8, 4) is 0 Å². The van der Waals surface area contributed by atoms with Crippen LogP contribution in [0.25, 0.3) is 0 Å². The Labute approximate surface area is 78.9 Å². The monoisotopic (exact) mass is 183 g/mol. The lowest BCUT2D eigenvalue weighted by Gasteiger charge is -2.19. The van der Waals surface area contributed by atoms with Crippen molar-refractivity contribution in [1.29, 1.82) is 0 Å². The van der Waals surface area contributed by atoms with Crippen molar-refractivity contribution >= 4 is 0 Å². The van der Waals surface area contributed by atoms with Crippen LogP contribution in [0.1, 0.15) is 26.5 Å². The molecule has 0 aliphatic carbocycles. The average Bonchev–Trinajstić information content (AvgIpc) is 2.33. The van der Waals surface area contributed by atoms with Gasteiger partial charge in [0.2, 0.25) is 0 Å². The summed E-state index contributed by atoms with van der Waals surface area (Å²) in [4.78, 5) is 0. The van der Waals surface area contributed by atoms with Crippen molar-refractivity contribution in [2.75, 3.05) is 6.61 Å². The minimum absolute atomic E-state index is 0.0738. The van der Waals surface area contributed by atoms with E-state index in [4.69, 9.17) is 4.74 Å². The molecule has 0 unspecified atom stereocenters. The standard InChI is InChI=1S/C9H17N3O/c1-8-7-12(11-10-8)5-6-13-9(2,3)4/h7H,5-6H2,1-4H3. The number of hydrogen-bond donors (Lipinski definition) is 0. The van der Waals surface area contributed by atoms with E-state index in [1.165, 1.54) is 0 Å². The third-order valence-electron chi connectivity index (χ3n) is 1.51. The highest BCUT2D eigenvalue weighted by Gasteiger charge is 2.09. The predicted octanol–water partition coefficient (Wildman–Crippen LogP) is 1.40. The van der Waals surface area contributed by atoms with Gasteiger partial charge >= 0.3 is 0 Å². The molecule has 0 aromatic carbocycles. The van der Waals surface area contributed by atoms with Gasteiger partial charge in [-0.15, -0.1) is 5.10 Å². The molecular formula is C9H17N3O. The number of aryl methyl sites for hydroxylation is 1. The van der Waals surface area contributed by atoms with Crippen LogP contribution in [0.2, 0.25) is 0 Å². The van der Waals surface area contributed by atoms with Crippen LogP contribution in [0, 0.1) is 6.92 Å². The van der Waals surface area contributed by atoms with E-state index in [1.54, 1.807) is 4.68 Å². The highest BCUT2D eigenvalue weighted by atomic mass is 16.5. The smallest absolute Gasteiger partial charge is 0.0796 e. The highest BCUT2D eigenvalue weighted by molar-refractivity contribution is 4.86. The van der Waals surface area contributed by atoms with E-state index in [0.29, 0.717) is 6.61 Å². The van der Waals surface area contributed by atoms with Gasteiger partial charge < -0.3 is 4.74 Å². The fraction of sp³-hybridized carbons (Fsp3) is 0.778. The number of aromatic nitrogens is 3. The number of nitrogens with zero attached hydrogens (tertiary/aromatic N) is 3. The van der Waals surface area contributed by atoms with Gasteiger partial charge in [-0.2, -0.15) is 0 Å². The second kappa shape index (κ2) is 3.87. The van der Waals surface area contributed by atoms with Gasteiger partial charge in [0.05, 0.1) is 24.4 Å². The van der Waals surface area contributed by atoms with Gasteiger partial charge in [-0.1, -0.05) is 5.21 Å². The molecule has 74 valence electrons. The van der Waals surface area contributed by atoms with E-state index in [2.05, 4.69) is 10.3 Å². The molecule has 0 aliphatic rings. The van der Waals surface area contributed by atoms with Crippen LogP contribution in [0.5, 0.6) is 0 Å². The summed E-state index contributed by atoms with van der Waals surface area (Å²) >= 11 is 0. The van der Waals surface area contributed by atoms with Gasteiger partial charge in [-0.3, -0.25) is 0 Å². The van der Waals surface area contributed by atoms with E-state index in [0.717, 1.165) is 12.2 Å². The first-order valence-electron chi connectivity index (χ1n) is 4.48. The second-order valence-corrected chi connectivity index (χ2v) is 4.08. The Morgan fingerprint density at radius 1 is 1.46 bits per heavy atom. The number of rotatable bonds is 3. The first-order valence-corrected chi connectivity index (χ1v) is 4.48. The average molecular weight is 183 g/mol. The Balaban J connectivity index is 2.28. The fourth-order valence-electron chi connectivity index (χ4n) is 0.950. The Bertz CT molecular complexity index is 262. The first kappa shape index (κ1) is 10.2.